The maximum atomic E-state index is 12.2. The third-order valence-electron chi connectivity index (χ3n) is 4.08. The molecule has 2 amide bonds. The van der Waals surface area contributed by atoms with Crippen LogP contribution in [0.3, 0.4) is 0 Å². The molecule has 1 atom stereocenters. The molecule has 1 unspecified atom stereocenters. The highest BCUT2D eigenvalue weighted by Crippen LogP contribution is 2.40. The highest BCUT2D eigenvalue weighted by Gasteiger charge is 2.33. The molecule has 3 N–H and O–H groups in total. The molecule has 124 valence electrons. The van der Waals surface area contributed by atoms with E-state index in [0.29, 0.717) is 12.5 Å². The van der Waals surface area contributed by atoms with Crippen molar-refractivity contribution in [2.24, 2.45) is 5.92 Å². The van der Waals surface area contributed by atoms with Crippen LogP contribution < -0.4 is 10.6 Å². The zero-order valence-corrected chi connectivity index (χ0v) is 13.1. The molecule has 6 nitrogen and oxygen atoms in total. The van der Waals surface area contributed by atoms with Crippen molar-refractivity contribution in [2.75, 3.05) is 0 Å². The van der Waals surface area contributed by atoms with Crippen LogP contribution in [0.5, 0.6) is 0 Å². The predicted molar refractivity (Wildman–Crippen MR) is 88.5 cm³/mol. The number of hydrogen-bond acceptors (Lipinski definition) is 3. The summed E-state index contributed by atoms with van der Waals surface area (Å²) in [4.78, 5) is 27.1. The molecule has 3 rings (SSSR count). The van der Waals surface area contributed by atoms with Crippen LogP contribution in [-0.2, 0) is 6.54 Å². The lowest BCUT2D eigenvalue weighted by Gasteiger charge is -2.19. The van der Waals surface area contributed by atoms with Crippen LogP contribution in [0.25, 0.3) is 0 Å². The summed E-state index contributed by atoms with van der Waals surface area (Å²) < 4.78 is 0. The number of amides is 2. The van der Waals surface area contributed by atoms with E-state index < -0.39 is 5.97 Å². The van der Waals surface area contributed by atoms with Crippen LogP contribution in [0, 0.1) is 5.92 Å². The van der Waals surface area contributed by atoms with E-state index >= 15 is 0 Å². The molecule has 0 radical (unpaired) electrons. The lowest BCUT2D eigenvalue weighted by Crippen LogP contribution is -2.38. The molecule has 0 aliphatic heterocycles. The van der Waals surface area contributed by atoms with Crippen molar-refractivity contribution in [3.05, 3.63) is 65.5 Å². The first-order valence-electron chi connectivity index (χ1n) is 7.90. The molecular formula is C18H19N3O3. The SMILES string of the molecule is O=C(NCc1ccc(C(=O)O)cc1)NC(c1cccnc1)C1CC1. The van der Waals surface area contributed by atoms with Gasteiger partial charge in [-0.1, -0.05) is 18.2 Å². The van der Waals surface area contributed by atoms with Gasteiger partial charge in [-0.15, -0.1) is 0 Å². The summed E-state index contributed by atoms with van der Waals surface area (Å²) in [6.45, 7) is 0.343. The maximum absolute atomic E-state index is 12.2. The standard InChI is InChI=1S/C18H19N3O3/c22-17(23)14-5-3-12(4-6-14)10-20-18(24)21-16(13-7-8-13)15-2-1-9-19-11-15/h1-6,9,11,13,16H,7-8,10H2,(H,22,23)(H2,20,21,24). The number of rotatable bonds is 6. The normalized spacial score (nSPS) is 14.7. The highest BCUT2D eigenvalue weighted by molar-refractivity contribution is 5.87. The smallest absolute Gasteiger partial charge is 0.335 e. The minimum atomic E-state index is -0.962. The highest BCUT2D eigenvalue weighted by atomic mass is 16.4. The van der Waals surface area contributed by atoms with Gasteiger partial charge in [0.15, 0.2) is 0 Å². The van der Waals surface area contributed by atoms with Gasteiger partial charge in [-0.05, 0) is 48.1 Å². The lowest BCUT2D eigenvalue weighted by molar-refractivity contribution is 0.0697. The number of carboxylic acids is 1. The molecule has 0 bridgehead atoms. The van der Waals surface area contributed by atoms with Crippen LogP contribution in [0.4, 0.5) is 4.79 Å². The van der Waals surface area contributed by atoms with E-state index in [1.807, 2.05) is 12.1 Å². The van der Waals surface area contributed by atoms with Gasteiger partial charge in [0.25, 0.3) is 0 Å². The van der Waals surface area contributed by atoms with E-state index in [9.17, 15) is 9.59 Å². The zero-order valence-electron chi connectivity index (χ0n) is 13.1. The largest absolute Gasteiger partial charge is 0.478 e. The Hall–Kier alpha value is -2.89. The first-order valence-corrected chi connectivity index (χ1v) is 7.90. The average Bonchev–Trinajstić information content (AvgIpc) is 3.44. The number of carbonyl (C=O) groups excluding carboxylic acids is 1. The topological polar surface area (TPSA) is 91.3 Å². The molecule has 2 aromatic rings. The van der Waals surface area contributed by atoms with Gasteiger partial charge in [-0.3, -0.25) is 4.98 Å². The molecule has 1 saturated carbocycles. The summed E-state index contributed by atoms with van der Waals surface area (Å²) in [6.07, 6.45) is 5.72. The lowest BCUT2D eigenvalue weighted by atomic mass is 10.1. The number of nitrogens with zero attached hydrogens (tertiary/aromatic N) is 1. The number of carboxylic acid groups (broad SMARTS) is 1. The molecule has 1 aliphatic rings. The second-order valence-electron chi connectivity index (χ2n) is 5.93. The second kappa shape index (κ2) is 7.12. The third kappa shape index (κ3) is 4.10. The Labute approximate surface area is 139 Å². The minimum absolute atomic E-state index is 0.0203. The fourth-order valence-electron chi connectivity index (χ4n) is 2.60. The third-order valence-corrected chi connectivity index (χ3v) is 4.08. The van der Waals surface area contributed by atoms with Crippen molar-refractivity contribution < 1.29 is 14.7 Å². The van der Waals surface area contributed by atoms with E-state index in [2.05, 4.69) is 15.6 Å². The van der Waals surface area contributed by atoms with Crippen LogP contribution in [-0.4, -0.2) is 22.1 Å². The maximum Gasteiger partial charge on any atom is 0.335 e. The minimum Gasteiger partial charge on any atom is -0.478 e. The molecule has 1 aromatic carbocycles. The number of hydrogen-bond donors (Lipinski definition) is 3. The van der Waals surface area contributed by atoms with E-state index in [-0.39, 0.29) is 17.6 Å². The molecule has 1 heterocycles. The van der Waals surface area contributed by atoms with E-state index in [4.69, 9.17) is 5.11 Å². The van der Waals surface area contributed by atoms with Crippen LogP contribution >= 0.6 is 0 Å². The van der Waals surface area contributed by atoms with E-state index in [1.54, 1.807) is 24.5 Å². The molecule has 6 heteroatoms. The van der Waals surface area contributed by atoms with Gasteiger partial charge in [0.1, 0.15) is 0 Å². The van der Waals surface area contributed by atoms with Crippen molar-refractivity contribution in [2.45, 2.75) is 25.4 Å². The fraction of sp³-hybridized carbons (Fsp3) is 0.278. The Morgan fingerprint density at radius 1 is 1.21 bits per heavy atom. The summed E-state index contributed by atoms with van der Waals surface area (Å²) in [5, 5.41) is 14.7. The zero-order chi connectivity index (χ0) is 16.9. The second-order valence-corrected chi connectivity index (χ2v) is 5.93. The van der Waals surface area contributed by atoms with Gasteiger partial charge in [0.2, 0.25) is 0 Å². The first kappa shape index (κ1) is 16.0. The van der Waals surface area contributed by atoms with Gasteiger partial charge < -0.3 is 15.7 Å². The Bertz CT molecular complexity index is 712. The molecule has 1 aromatic heterocycles. The number of pyridine rings is 1. The molecule has 24 heavy (non-hydrogen) atoms. The number of carbonyl (C=O) groups is 2. The van der Waals surface area contributed by atoms with Gasteiger partial charge in [0.05, 0.1) is 11.6 Å². The Morgan fingerprint density at radius 3 is 2.54 bits per heavy atom. The summed E-state index contributed by atoms with van der Waals surface area (Å²) >= 11 is 0. The van der Waals surface area contributed by atoms with Gasteiger partial charge >= 0.3 is 12.0 Å². The quantitative estimate of drug-likeness (QED) is 0.761. The molecule has 1 aliphatic carbocycles. The van der Waals surface area contributed by atoms with Crippen LogP contribution in [0.2, 0.25) is 0 Å². The number of urea groups is 1. The average molecular weight is 325 g/mol. The number of benzene rings is 1. The molecule has 0 saturated heterocycles. The van der Waals surface area contributed by atoms with Gasteiger partial charge in [-0.2, -0.15) is 0 Å². The number of nitrogens with one attached hydrogen (secondary N) is 2. The van der Waals surface area contributed by atoms with Gasteiger partial charge in [-0.25, -0.2) is 9.59 Å². The van der Waals surface area contributed by atoms with Gasteiger partial charge in [0, 0.05) is 18.9 Å². The Kier molecular flexibility index (Phi) is 4.74. The summed E-state index contributed by atoms with van der Waals surface area (Å²) in [5.74, 6) is -0.495. The molecule has 1 fully saturated rings. The van der Waals surface area contributed by atoms with Crippen molar-refractivity contribution in [3.63, 3.8) is 0 Å². The van der Waals surface area contributed by atoms with Crippen LogP contribution in [0.1, 0.15) is 40.4 Å². The summed E-state index contributed by atoms with van der Waals surface area (Å²) in [6, 6.07) is 10.0. The van der Waals surface area contributed by atoms with E-state index in [1.165, 1.54) is 12.1 Å². The summed E-state index contributed by atoms with van der Waals surface area (Å²) in [5.41, 5.74) is 2.09. The van der Waals surface area contributed by atoms with Crippen LogP contribution in [0.15, 0.2) is 48.8 Å². The number of aromatic nitrogens is 1. The first-order chi connectivity index (χ1) is 11.6. The summed E-state index contributed by atoms with van der Waals surface area (Å²) in [7, 11) is 0. The number of aromatic carboxylic acids is 1. The Morgan fingerprint density at radius 2 is 1.96 bits per heavy atom. The van der Waals surface area contributed by atoms with Crippen molar-refractivity contribution in [3.8, 4) is 0 Å². The van der Waals surface area contributed by atoms with Crippen molar-refractivity contribution >= 4 is 12.0 Å². The van der Waals surface area contributed by atoms with Crippen molar-refractivity contribution in [1.29, 1.82) is 0 Å². The van der Waals surface area contributed by atoms with Crippen molar-refractivity contribution in [1.82, 2.24) is 15.6 Å². The molecule has 0 spiro atoms. The molecular weight excluding hydrogens is 306 g/mol. The fourth-order valence-corrected chi connectivity index (χ4v) is 2.60. The predicted octanol–water partition coefficient (Wildman–Crippen LogP) is 2.73. The Balaban J connectivity index is 1.55. The van der Waals surface area contributed by atoms with E-state index in [0.717, 1.165) is 24.0 Å². The monoisotopic (exact) mass is 325 g/mol.